The summed E-state index contributed by atoms with van der Waals surface area (Å²) in [6.45, 7) is 33.9. The van der Waals surface area contributed by atoms with Crippen LogP contribution < -0.4 is 14.2 Å². The van der Waals surface area contributed by atoms with Crippen LogP contribution in [0, 0.1) is 48.5 Å². The highest BCUT2D eigenvalue weighted by molar-refractivity contribution is 9.10. The Kier molecular flexibility index (Phi) is 20.0. The van der Waals surface area contributed by atoms with E-state index in [4.69, 9.17) is 14.2 Å². The molecule has 0 amide bonds. The summed E-state index contributed by atoms with van der Waals surface area (Å²) in [6, 6.07) is 32.3. The summed E-state index contributed by atoms with van der Waals surface area (Å²) in [7, 11) is -6.66. The Morgan fingerprint density at radius 3 is 0.966 bits per heavy atom. The first-order valence-electron chi connectivity index (χ1n) is 28.5. The van der Waals surface area contributed by atoms with Crippen LogP contribution in [0.4, 0.5) is 0 Å². The molecule has 0 spiro atoms. The largest absolute Gasteiger partial charge is 0.494 e. The maximum absolute atomic E-state index is 13.2. The zero-order valence-corrected chi connectivity index (χ0v) is 57.9. The van der Waals surface area contributed by atoms with Crippen molar-refractivity contribution in [2.45, 2.75) is 170 Å². The zero-order valence-electron chi connectivity index (χ0n) is 53.9. The zero-order chi connectivity index (χ0) is 65.4. The molecule has 468 valence electrons. The van der Waals surface area contributed by atoms with Gasteiger partial charge in [-0.1, -0.05) is 137 Å². The lowest BCUT2D eigenvalue weighted by atomic mass is 9.87. The van der Waals surface area contributed by atoms with Gasteiger partial charge in [-0.05, 0) is 188 Å². The van der Waals surface area contributed by atoms with Gasteiger partial charge in [0.05, 0.1) is 53.1 Å². The van der Waals surface area contributed by atoms with Crippen LogP contribution in [0.5, 0.6) is 17.2 Å². The lowest BCUT2D eigenvalue weighted by Gasteiger charge is -2.19. The highest BCUT2D eigenvalue weighted by Gasteiger charge is 2.31. The molecule has 0 aliphatic heterocycles. The van der Waals surface area contributed by atoms with Gasteiger partial charge < -0.3 is 14.2 Å². The number of aryl methyl sites for hydroxylation is 5. The second-order valence-corrected chi connectivity index (χ2v) is 31.1. The standard InChI is InChI=1S/C23H29N3O3S.C22H27N3O3S.C21H24BrN3O3S/c1-8-17-14-21(29-7)20(13-15(17)2)26-16(3)22(24-25-26)30(27,28)19-11-9-18(10-12-19)23(4,5)6;1-14-12-19(20(28-7)13-15(14)2)25-16(3)21(23-24-25)29(26,27)18-10-8-17(9-11-18)22(4,5)6;1-13-11-18(19(28-6)12-17(13)22)25-14(2)20(23-24-25)29(26,27)16-9-7-15(8-10-16)21(3,4)5/h9-14H,8H2,1-7H3;8-13H,1-7H3;7-12H,1-6H3. The first-order valence-corrected chi connectivity index (χ1v) is 33.7. The smallest absolute Gasteiger partial charge is 0.227 e. The first-order chi connectivity index (χ1) is 40.9. The molecule has 0 saturated carbocycles. The van der Waals surface area contributed by atoms with Crippen LogP contribution in [0.2, 0.25) is 0 Å². The van der Waals surface area contributed by atoms with Gasteiger partial charge in [-0.25, -0.2) is 39.3 Å². The summed E-state index contributed by atoms with van der Waals surface area (Å²) in [5, 5.41) is 24.2. The molecular formula is C66H80BrN9O9S3. The molecule has 88 heavy (non-hydrogen) atoms. The third-order valence-corrected chi connectivity index (χ3v) is 21.6. The molecule has 0 fully saturated rings. The minimum Gasteiger partial charge on any atom is -0.494 e. The number of benzene rings is 6. The molecule has 0 aliphatic rings. The van der Waals surface area contributed by atoms with Crippen molar-refractivity contribution in [3.05, 3.63) is 175 Å². The van der Waals surface area contributed by atoms with Crippen LogP contribution >= 0.6 is 15.9 Å². The van der Waals surface area contributed by atoms with E-state index in [0.717, 1.165) is 49.8 Å². The Balaban J connectivity index is 0.000000188. The Bertz CT molecular complexity index is 4200. The van der Waals surface area contributed by atoms with E-state index in [9.17, 15) is 25.3 Å². The summed E-state index contributed by atoms with van der Waals surface area (Å²) in [6.07, 6.45) is 0.878. The molecule has 0 atom stereocenters. The quantitative estimate of drug-likeness (QED) is 0.105. The van der Waals surface area contributed by atoms with E-state index < -0.39 is 29.5 Å². The molecular weight excluding hydrogens is 1240 g/mol. The first kappa shape index (κ1) is 68.0. The third kappa shape index (κ3) is 14.0. The molecule has 22 heteroatoms. The third-order valence-electron chi connectivity index (χ3n) is 15.4. The molecule has 0 radical (unpaired) electrons. The van der Waals surface area contributed by atoms with Gasteiger partial charge in [0, 0.05) is 4.47 Å². The summed E-state index contributed by atoms with van der Waals surface area (Å²) < 4.78 is 101. The Hall–Kier alpha value is -7.53. The van der Waals surface area contributed by atoms with E-state index in [1.807, 2.05) is 100 Å². The number of aromatic nitrogens is 9. The number of sulfone groups is 3. The van der Waals surface area contributed by atoms with Crippen LogP contribution in [-0.4, -0.2) is 91.6 Å². The van der Waals surface area contributed by atoms with E-state index in [1.165, 1.54) is 19.6 Å². The van der Waals surface area contributed by atoms with Crippen molar-refractivity contribution in [2.75, 3.05) is 21.3 Å². The fraction of sp³-hybridized carbons (Fsp3) is 0.364. The molecule has 3 aromatic heterocycles. The van der Waals surface area contributed by atoms with Crippen LogP contribution in [0.3, 0.4) is 0 Å². The molecule has 0 unspecified atom stereocenters. The molecule has 9 aromatic rings. The highest BCUT2D eigenvalue weighted by Crippen LogP contribution is 2.36. The van der Waals surface area contributed by atoms with Crippen molar-refractivity contribution in [1.29, 1.82) is 0 Å². The molecule has 0 N–H and O–H groups in total. The van der Waals surface area contributed by atoms with Crippen molar-refractivity contribution in [3.8, 4) is 34.3 Å². The van der Waals surface area contributed by atoms with Crippen molar-refractivity contribution in [1.82, 2.24) is 45.0 Å². The average Bonchev–Trinajstić information content (AvgIpc) is 2.09. The Morgan fingerprint density at radius 2 is 0.670 bits per heavy atom. The fourth-order valence-corrected chi connectivity index (χ4v) is 14.0. The van der Waals surface area contributed by atoms with Gasteiger partial charge in [0.25, 0.3) is 0 Å². The van der Waals surface area contributed by atoms with E-state index in [2.05, 4.69) is 116 Å². The number of nitrogens with zero attached hydrogens (tertiary/aromatic N) is 9. The second-order valence-electron chi connectivity index (χ2n) is 24.7. The summed E-state index contributed by atoms with van der Waals surface area (Å²) >= 11 is 3.48. The minimum absolute atomic E-state index is 0.0507. The van der Waals surface area contributed by atoms with Gasteiger partial charge in [0.2, 0.25) is 44.6 Å². The predicted molar refractivity (Wildman–Crippen MR) is 346 cm³/mol. The summed E-state index contributed by atoms with van der Waals surface area (Å²) in [5.74, 6) is 1.80. The van der Waals surface area contributed by atoms with Crippen LogP contribution in [0.25, 0.3) is 17.1 Å². The van der Waals surface area contributed by atoms with Gasteiger partial charge in [-0.2, -0.15) is 0 Å². The number of hydrogen-bond acceptors (Lipinski definition) is 15. The molecule has 18 nitrogen and oxygen atoms in total. The highest BCUT2D eigenvalue weighted by atomic mass is 79.9. The van der Waals surface area contributed by atoms with Crippen LogP contribution in [0.1, 0.15) is 131 Å². The SMILES string of the molecule is CCc1cc(OC)c(-n2nnc(S(=O)(=O)c3ccc(C(C)(C)C)cc3)c2C)cc1C.COc1cc(Br)c(C)cc1-n1nnc(S(=O)(=O)c2ccc(C(C)(C)C)cc2)c1C.COc1cc(C)c(C)cc1-n1nnc(S(=O)(=O)c2ccc(C(C)(C)C)cc2)c1C. The van der Waals surface area contributed by atoms with Gasteiger partial charge in [0.1, 0.15) is 34.3 Å². The fourth-order valence-electron chi connectivity index (χ4n) is 9.62. The van der Waals surface area contributed by atoms with Gasteiger partial charge in [-0.15, -0.1) is 15.3 Å². The molecule has 0 bridgehead atoms. The molecule has 3 heterocycles. The monoisotopic (exact) mass is 1320 g/mol. The van der Waals surface area contributed by atoms with Gasteiger partial charge in [-0.3, -0.25) is 0 Å². The van der Waals surface area contributed by atoms with E-state index in [-0.39, 0.29) is 46.0 Å². The van der Waals surface area contributed by atoms with E-state index in [1.54, 1.807) is 78.5 Å². The number of ether oxygens (including phenoxy) is 3. The van der Waals surface area contributed by atoms with Gasteiger partial charge >= 0.3 is 0 Å². The molecule has 9 rings (SSSR count). The second kappa shape index (κ2) is 25.9. The number of halogens is 1. The Morgan fingerprint density at radius 1 is 0.398 bits per heavy atom. The van der Waals surface area contributed by atoms with Crippen molar-refractivity contribution >= 4 is 45.4 Å². The average molecular weight is 1320 g/mol. The van der Waals surface area contributed by atoms with Crippen molar-refractivity contribution < 1.29 is 39.5 Å². The van der Waals surface area contributed by atoms with Crippen LogP contribution in [0.15, 0.2) is 143 Å². The van der Waals surface area contributed by atoms with Crippen LogP contribution in [-0.2, 0) is 52.2 Å². The summed E-state index contributed by atoms with van der Waals surface area (Å²) in [5.41, 5.74) is 11.6. The Labute approximate surface area is 527 Å². The lowest BCUT2D eigenvalue weighted by Crippen LogP contribution is -2.12. The lowest BCUT2D eigenvalue weighted by molar-refractivity contribution is 0.410. The summed E-state index contributed by atoms with van der Waals surface area (Å²) in [4.78, 5) is 0.599. The van der Waals surface area contributed by atoms with Crippen molar-refractivity contribution in [3.63, 3.8) is 0 Å². The van der Waals surface area contributed by atoms with E-state index in [0.29, 0.717) is 51.4 Å². The maximum Gasteiger partial charge on any atom is 0.227 e. The van der Waals surface area contributed by atoms with Crippen molar-refractivity contribution in [2.24, 2.45) is 0 Å². The predicted octanol–water partition coefficient (Wildman–Crippen LogP) is 13.7. The molecule has 0 aliphatic carbocycles. The number of rotatable bonds is 13. The normalized spacial score (nSPS) is 12.2. The van der Waals surface area contributed by atoms with E-state index >= 15 is 0 Å². The topological polar surface area (TPSA) is 222 Å². The van der Waals surface area contributed by atoms with Gasteiger partial charge in [0.15, 0.2) is 0 Å². The maximum atomic E-state index is 13.2. The molecule has 6 aromatic carbocycles. The number of hydrogen-bond donors (Lipinski definition) is 0. The minimum atomic E-state index is -3.80. The molecule has 0 saturated heterocycles. The number of methoxy groups -OCH3 is 3.